The van der Waals surface area contributed by atoms with E-state index in [2.05, 4.69) is 48.9 Å². The minimum atomic E-state index is -0.235. The zero-order chi connectivity index (χ0) is 22.5. The number of carbonyl (C=O) groups is 1. The number of rotatable bonds is 5. The summed E-state index contributed by atoms with van der Waals surface area (Å²) in [5.41, 5.74) is 1.13. The van der Waals surface area contributed by atoms with Crippen molar-refractivity contribution in [2.24, 2.45) is 13.0 Å². The second-order valence-corrected chi connectivity index (χ2v) is 9.48. The summed E-state index contributed by atoms with van der Waals surface area (Å²) >= 11 is 6.38. The summed E-state index contributed by atoms with van der Waals surface area (Å²) in [5.74, 6) is 1.10. The van der Waals surface area contributed by atoms with E-state index in [9.17, 15) is 4.79 Å². The molecule has 10 heteroatoms. The van der Waals surface area contributed by atoms with Gasteiger partial charge in [-0.1, -0.05) is 25.4 Å². The summed E-state index contributed by atoms with van der Waals surface area (Å²) in [7, 11) is 1.80. The van der Waals surface area contributed by atoms with Gasteiger partial charge in [0.2, 0.25) is 0 Å². The van der Waals surface area contributed by atoms with Gasteiger partial charge in [-0.25, -0.2) is 9.78 Å². The lowest BCUT2D eigenvalue weighted by atomic mass is 9.60. The van der Waals surface area contributed by atoms with Crippen LogP contribution in [-0.4, -0.2) is 52.0 Å². The van der Waals surface area contributed by atoms with Crippen LogP contribution in [0.25, 0.3) is 11.4 Å². The smallest absolute Gasteiger partial charge is 0.315 e. The average Bonchev–Trinajstić information content (AvgIpc) is 3.41. The average molecular weight is 455 g/mol. The lowest BCUT2D eigenvalue weighted by Crippen LogP contribution is -2.74. The number of carbonyl (C=O) groups excluding carboxylic acids is 1. The molecule has 2 fully saturated rings. The minimum absolute atomic E-state index is 0.0815. The van der Waals surface area contributed by atoms with Crippen molar-refractivity contribution >= 4 is 23.3 Å². The van der Waals surface area contributed by atoms with Crippen molar-refractivity contribution < 1.29 is 4.79 Å². The van der Waals surface area contributed by atoms with Gasteiger partial charge in [-0.05, 0) is 49.8 Å². The fraction of sp³-hybridized carbons (Fsp3) is 0.500. The number of benzene rings is 1. The zero-order valence-electron chi connectivity index (χ0n) is 18.4. The van der Waals surface area contributed by atoms with E-state index in [1.54, 1.807) is 36.8 Å². The van der Waals surface area contributed by atoms with E-state index in [1.807, 2.05) is 12.1 Å². The quantitative estimate of drug-likeness (QED) is 0.624. The number of fused-ring (bicyclic) bond motifs is 2. The number of amides is 2. The third-order valence-electron chi connectivity index (χ3n) is 6.89. The Kier molecular flexibility index (Phi) is 5.16. The van der Waals surface area contributed by atoms with Crippen molar-refractivity contribution in [1.29, 1.82) is 0 Å². The van der Waals surface area contributed by atoms with Gasteiger partial charge in [-0.15, -0.1) is 10.2 Å². The molecule has 1 aliphatic heterocycles. The van der Waals surface area contributed by atoms with Gasteiger partial charge in [0.05, 0.1) is 16.6 Å². The SMILES string of the molecule is CC[C@@H](n1cnnc1)[C@@]12C[C@@H](C)C[C@@H](C1)N2C(=O)Nc1ccc(Cl)c(-c2ncn(C)n2)c1. The molecule has 4 atom stereocenters. The van der Waals surface area contributed by atoms with Crippen molar-refractivity contribution in [3.63, 3.8) is 0 Å². The monoisotopic (exact) mass is 454 g/mol. The van der Waals surface area contributed by atoms with Crippen LogP contribution in [0.3, 0.4) is 0 Å². The van der Waals surface area contributed by atoms with Gasteiger partial charge >= 0.3 is 6.03 Å². The van der Waals surface area contributed by atoms with E-state index in [0.29, 0.717) is 28.0 Å². The molecule has 2 aliphatic rings. The number of aryl methyl sites for hydroxylation is 1. The van der Waals surface area contributed by atoms with Crippen molar-refractivity contribution in [3.8, 4) is 11.4 Å². The lowest BCUT2D eigenvalue weighted by Gasteiger charge is -2.66. The van der Waals surface area contributed by atoms with Crippen LogP contribution < -0.4 is 5.32 Å². The molecule has 1 aliphatic carbocycles. The van der Waals surface area contributed by atoms with Gasteiger partial charge in [-0.2, -0.15) is 5.10 Å². The van der Waals surface area contributed by atoms with E-state index in [-0.39, 0.29) is 23.7 Å². The molecular formula is C22H27ClN8O. The van der Waals surface area contributed by atoms with E-state index in [1.165, 1.54) is 0 Å². The maximum atomic E-state index is 13.6. The number of nitrogens with one attached hydrogen (secondary N) is 1. The minimum Gasteiger partial charge on any atom is -0.315 e. The number of anilines is 1. The Morgan fingerprint density at radius 1 is 1.28 bits per heavy atom. The summed E-state index contributed by atoms with van der Waals surface area (Å²) < 4.78 is 3.68. The molecule has 2 bridgehead atoms. The number of hydrogen-bond donors (Lipinski definition) is 1. The molecule has 168 valence electrons. The van der Waals surface area contributed by atoms with Crippen LogP contribution in [0, 0.1) is 5.92 Å². The Morgan fingerprint density at radius 2 is 2.06 bits per heavy atom. The first kappa shape index (κ1) is 20.9. The second-order valence-electron chi connectivity index (χ2n) is 9.08. The Bertz CT molecular complexity index is 1130. The molecular weight excluding hydrogens is 428 g/mol. The normalized spacial score (nSPS) is 25.3. The highest BCUT2D eigenvalue weighted by molar-refractivity contribution is 6.33. The van der Waals surface area contributed by atoms with Crippen molar-refractivity contribution in [2.45, 2.75) is 57.2 Å². The molecule has 9 nitrogen and oxygen atoms in total. The molecule has 1 aromatic carbocycles. The predicted octanol–water partition coefficient (Wildman–Crippen LogP) is 4.15. The van der Waals surface area contributed by atoms with Crippen LogP contribution in [0.15, 0.2) is 37.2 Å². The zero-order valence-corrected chi connectivity index (χ0v) is 19.2. The number of piperidine rings is 1. The largest absolute Gasteiger partial charge is 0.322 e. The van der Waals surface area contributed by atoms with Gasteiger partial charge in [0.15, 0.2) is 5.82 Å². The summed E-state index contributed by atoms with van der Waals surface area (Å²) in [6, 6.07) is 5.71. The second kappa shape index (κ2) is 7.88. The molecule has 3 heterocycles. The molecule has 1 saturated carbocycles. The topological polar surface area (TPSA) is 93.8 Å². The van der Waals surface area contributed by atoms with Crippen molar-refractivity contribution in [3.05, 3.63) is 42.2 Å². The summed E-state index contributed by atoms with van der Waals surface area (Å²) in [6.07, 6.45) is 9.05. The van der Waals surface area contributed by atoms with E-state index in [4.69, 9.17) is 11.6 Å². The molecule has 1 N–H and O–H groups in total. The maximum Gasteiger partial charge on any atom is 0.322 e. The molecule has 5 rings (SSSR count). The summed E-state index contributed by atoms with van der Waals surface area (Å²) in [5, 5.41) is 16.0. The molecule has 0 radical (unpaired) electrons. The van der Waals surface area contributed by atoms with Gasteiger partial charge in [0, 0.05) is 24.3 Å². The Morgan fingerprint density at radius 3 is 2.75 bits per heavy atom. The number of nitrogens with zero attached hydrogens (tertiary/aromatic N) is 7. The van der Waals surface area contributed by atoms with Crippen LogP contribution in [0.1, 0.15) is 45.6 Å². The molecule has 2 aromatic heterocycles. The van der Waals surface area contributed by atoms with E-state index in [0.717, 1.165) is 25.7 Å². The summed E-state index contributed by atoms with van der Waals surface area (Å²) in [4.78, 5) is 19.9. The fourth-order valence-electron chi connectivity index (χ4n) is 5.83. The molecule has 1 saturated heterocycles. The Hall–Kier alpha value is -2.94. The number of aromatic nitrogens is 6. The number of halogens is 1. The van der Waals surface area contributed by atoms with Gasteiger partial charge in [0.1, 0.15) is 19.0 Å². The number of urea groups is 1. The molecule has 2 amide bonds. The standard InChI is InChI=1S/C22H27ClN8O/c1-4-19(30-12-25-26-13-30)22-9-14(2)7-16(10-22)31(22)21(32)27-15-5-6-18(23)17(8-15)20-24-11-29(3)28-20/h5-6,8,11-14,16,19H,4,7,9-10H2,1-3H3,(H,27,32)/t14-,16-,19+,22+/m0/s1. The van der Waals surface area contributed by atoms with Crippen LogP contribution in [0.2, 0.25) is 5.02 Å². The molecule has 32 heavy (non-hydrogen) atoms. The van der Waals surface area contributed by atoms with Crippen molar-refractivity contribution in [2.75, 3.05) is 5.32 Å². The predicted molar refractivity (Wildman–Crippen MR) is 121 cm³/mol. The number of hydrogen-bond acceptors (Lipinski definition) is 5. The van der Waals surface area contributed by atoms with Crippen LogP contribution in [-0.2, 0) is 7.05 Å². The third kappa shape index (κ3) is 3.35. The van der Waals surface area contributed by atoms with Crippen LogP contribution in [0.4, 0.5) is 10.5 Å². The third-order valence-corrected chi connectivity index (χ3v) is 7.22. The highest BCUT2D eigenvalue weighted by Crippen LogP contribution is 2.56. The Labute approximate surface area is 191 Å². The highest BCUT2D eigenvalue weighted by Gasteiger charge is 2.61. The van der Waals surface area contributed by atoms with Crippen LogP contribution >= 0.6 is 11.6 Å². The molecule has 0 spiro atoms. The summed E-state index contributed by atoms with van der Waals surface area (Å²) in [6.45, 7) is 4.44. The Balaban J connectivity index is 1.43. The first-order valence-corrected chi connectivity index (χ1v) is 11.4. The van der Waals surface area contributed by atoms with Crippen LogP contribution in [0.5, 0.6) is 0 Å². The first-order chi connectivity index (χ1) is 15.4. The van der Waals surface area contributed by atoms with Gasteiger partial charge in [-0.3, -0.25) is 4.68 Å². The molecule has 3 aromatic rings. The lowest BCUT2D eigenvalue weighted by molar-refractivity contribution is -0.120. The van der Waals surface area contributed by atoms with Crippen molar-refractivity contribution in [1.82, 2.24) is 34.4 Å². The first-order valence-electron chi connectivity index (χ1n) is 11.0. The van der Waals surface area contributed by atoms with Gasteiger partial charge < -0.3 is 14.8 Å². The fourth-order valence-corrected chi connectivity index (χ4v) is 6.03. The van der Waals surface area contributed by atoms with E-state index >= 15 is 0 Å². The highest BCUT2D eigenvalue weighted by atomic mass is 35.5. The molecule has 0 unspecified atom stereocenters. The number of likely N-dealkylation sites (tertiary alicyclic amines) is 1. The van der Waals surface area contributed by atoms with Gasteiger partial charge in [0.25, 0.3) is 0 Å². The maximum absolute atomic E-state index is 13.6. The van der Waals surface area contributed by atoms with E-state index < -0.39 is 0 Å².